The Balaban J connectivity index is 1.63. The van der Waals surface area contributed by atoms with Crippen LogP contribution in [-0.2, 0) is 24.8 Å². The summed E-state index contributed by atoms with van der Waals surface area (Å²) in [5, 5.41) is 4.46. The number of fused-ring (bicyclic) bond motifs is 1. The minimum absolute atomic E-state index is 0.0329. The Hall–Kier alpha value is -3.86. The molecule has 0 aliphatic carbocycles. The van der Waals surface area contributed by atoms with Gasteiger partial charge in [-0.1, -0.05) is 66.7 Å². The number of aromatic nitrogens is 1. The zero-order valence-electron chi connectivity index (χ0n) is 19.2. The SMILES string of the molecule is Cc1cc2c(-c3ccccc3)c(CCNC(=O)OCc3ccccc3)n(C)c(=O)c2cc1C. The lowest BCUT2D eigenvalue weighted by Gasteiger charge is -2.19. The molecule has 1 aromatic heterocycles. The van der Waals surface area contributed by atoms with Gasteiger partial charge in [-0.25, -0.2) is 4.79 Å². The van der Waals surface area contributed by atoms with Crippen LogP contribution >= 0.6 is 0 Å². The molecule has 0 aliphatic rings. The molecular formula is C28H28N2O3. The Bertz CT molecular complexity index is 1340. The highest BCUT2D eigenvalue weighted by Gasteiger charge is 2.17. The largest absolute Gasteiger partial charge is 0.445 e. The molecular weight excluding hydrogens is 412 g/mol. The van der Waals surface area contributed by atoms with Crippen LogP contribution in [0.15, 0.2) is 77.6 Å². The van der Waals surface area contributed by atoms with E-state index in [0.29, 0.717) is 18.4 Å². The van der Waals surface area contributed by atoms with E-state index in [-0.39, 0.29) is 12.2 Å². The van der Waals surface area contributed by atoms with Gasteiger partial charge in [0, 0.05) is 36.7 Å². The summed E-state index contributed by atoms with van der Waals surface area (Å²) in [5.74, 6) is 0. The van der Waals surface area contributed by atoms with Crippen LogP contribution in [0.5, 0.6) is 0 Å². The average molecular weight is 441 g/mol. The van der Waals surface area contributed by atoms with E-state index in [4.69, 9.17) is 4.74 Å². The molecule has 1 amide bonds. The summed E-state index contributed by atoms with van der Waals surface area (Å²) < 4.78 is 7.02. The summed E-state index contributed by atoms with van der Waals surface area (Å²) in [6, 6.07) is 23.7. The predicted molar refractivity (Wildman–Crippen MR) is 132 cm³/mol. The molecule has 4 rings (SSSR count). The van der Waals surface area contributed by atoms with Crippen molar-refractivity contribution < 1.29 is 9.53 Å². The lowest BCUT2D eigenvalue weighted by molar-refractivity contribution is 0.140. The number of nitrogens with zero attached hydrogens (tertiary/aromatic N) is 1. The first-order valence-electron chi connectivity index (χ1n) is 11.1. The maximum atomic E-state index is 13.2. The molecule has 0 unspecified atom stereocenters. The second-order valence-electron chi connectivity index (χ2n) is 8.27. The van der Waals surface area contributed by atoms with Gasteiger partial charge < -0.3 is 14.6 Å². The molecule has 168 valence electrons. The van der Waals surface area contributed by atoms with Gasteiger partial charge in [-0.05, 0) is 47.6 Å². The standard InChI is InChI=1S/C28H28N2O3/c1-19-16-23-24(17-20(19)2)27(31)30(3)25(26(23)22-12-8-5-9-13-22)14-15-29-28(32)33-18-21-10-6-4-7-11-21/h4-13,16-17H,14-15,18H2,1-3H3,(H,29,32). The van der Waals surface area contributed by atoms with Gasteiger partial charge in [0.05, 0.1) is 0 Å². The van der Waals surface area contributed by atoms with Crippen molar-refractivity contribution in [2.75, 3.05) is 6.54 Å². The minimum atomic E-state index is -0.475. The molecule has 5 nitrogen and oxygen atoms in total. The van der Waals surface area contributed by atoms with Crippen LogP contribution < -0.4 is 10.9 Å². The number of alkyl carbamates (subject to hydrolysis) is 1. The number of benzene rings is 3. The fraction of sp³-hybridized carbons (Fsp3) is 0.214. The van der Waals surface area contributed by atoms with E-state index in [0.717, 1.165) is 38.9 Å². The van der Waals surface area contributed by atoms with Crippen LogP contribution in [0.25, 0.3) is 21.9 Å². The zero-order valence-corrected chi connectivity index (χ0v) is 19.2. The lowest BCUT2D eigenvalue weighted by atomic mass is 9.93. The molecule has 1 heterocycles. The summed E-state index contributed by atoms with van der Waals surface area (Å²) in [5.41, 5.74) is 6.08. The van der Waals surface area contributed by atoms with Crippen LogP contribution in [-0.4, -0.2) is 17.2 Å². The van der Waals surface area contributed by atoms with E-state index in [9.17, 15) is 9.59 Å². The maximum Gasteiger partial charge on any atom is 0.407 e. The Kier molecular flexibility index (Phi) is 6.59. The third-order valence-electron chi connectivity index (χ3n) is 6.04. The van der Waals surface area contributed by atoms with E-state index in [2.05, 4.69) is 30.4 Å². The molecule has 0 atom stereocenters. The van der Waals surface area contributed by atoms with Crippen molar-refractivity contribution in [3.8, 4) is 11.1 Å². The Morgan fingerprint density at radius 1 is 0.909 bits per heavy atom. The molecule has 1 N–H and O–H groups in total. The van der Waals surface area contributed by atoms with Gasteiger partial charge in [-0.3, -0.25) is 4.79 Å². The van der Waals surface area contributed by atoms with Gasteiger partial charge in [-0.15, -0.1) is 0 Å². The number of hydrogen-bond acceptors (Lipinski definition) is 3. The van der Waals surface area contributed by atoms with E-state index < -0.39 is 6.09 Å². The second-order valence-corrected chi connectivity index (χ2v) is 8.27. The van der Waals surface area contributed by atoms with Gasteiger partial charge in [0.1, 0.15) is 6.61 Å². The number of nitrogens with one attached hydrogen (secondary N) is 1. The molecule has 33 heavy (non-hydrogen) atoms. The molecule has 5 heteroatoms. The monoisotopic (exact) mass is 440 g/mol. The number of carbonyl (C=O) groups excluding carboxylic acids is 1. The number of rotatable bonds is 6. The zero-order chi connectivity index (χ0) is 23.4. The average Bonchev–Trinajstić information content (AvgIpc) is 2.83. The third-order valence-corrected chi connectivity index (χ3v) is 6.04. The molecule has 0 spiro atoms. The minimum Gasteiger partial charge on any atom is -0.445 e. The number of carbonyl (C=O) groups is 1. The molecule has 4 aromatic rings. The van der Waals surface area contributed by atoms with E-state index >= 15 is 0 Å². The lowest BCUT2D eigenvalue weighted by Crippen LogP contribution is -2.29. The highest BCUT2D eigenvalue weighted by atomic mass is 16.5. The summed E-state index contributed by atoms with van der Waals surface area (Å²) in [4.78, 5) is 25.4. The number of aryl methyl sites for hydroxylation is 2. The van der Waals surface area contributed by atoms with Crippen molar-refractivity contribution in [3.63, 3.8) is 0 Å². The number of hydrogen-bond donors (Lipinski definition) is 1. The van der Waals surface area contributed by atoms with Gasteiger partial charge in [0.2, 0.25) is 0 Å². The molecule has 0 saturated heterocycles. The molecule has 0 fully saturated rings. The highest BCUT2D eigenvalue weighted by Crippen LogP contribution is 2.32. The van der Waals surface area contributed by atoms with Gasteiger partial charge in [-0.2, -0.15) is 0 Å². The fourth-order valence-electron chi connectivity index (χ4n) is 4.10. The van der Waals surface area contributed by atoms with Crippen molar-refractivity contribution >= 4 is 16.9 Å². The van der Waals surface area contributed by atoms with E-state index in [1.165, 1.54) is 0 Å². The Morgan fingerprint density at radius 2 is 1.52 bits per heavy atom. The number of pyridine rings is 1. The first-order chi connectivity index (χ1) is 16.0. The van der Waals surface area contributed by atoms with Crippen molar-refractivity contribution in [1.29, 1.82) is 0 Å². The van der Waals surface area contributed by atoms with Crippen molar-refractivity contribution in [2.24, 2.45) is 7.05 Å². The molecule has 0 bridgehead atoms. The normalized spacial score (nSPS) is 10.9. The summed E-state index contributed by atoms with van der Waals surface area (Å²) in [6.45, 7) is 4.66. The molecule has 0 radical (unpaired) electrons. The Morgan fingerprint density at radius 3 is 2.18 bits per heavy atom. The van der Waals surface area contributed by atoms with Crippen LogP contribution in [0.4, 0.5) is 4.79 Å². The first-order valence-corrected chi connectivity index (χ1v) is 11.1. The molecule has 0 aliphatic heterocycles. The van der Waals surface area contributed by atoms with Gasteiger partial charge >= 0.3 is 6.09 Å². The van der Waals surface area contributed by atoms with Gasteiger partial charge in [0.15, 0.2) is 0 Å². The third kappa shape index (κ3) is 4.82. The maximum absolute atomic E-state index is 13.2. The van der Waals surface area contributed by atoms with Crippen LogP contribution in [0.1, 0.15) is 22.4 Å². The molecule has 3 aromatic carbocycles. The van der Waals surface area contributed by atoms with Crippen LogP contribution in [0.2, 0.25) is 0 Å². The smallest absolute Gasteiger partial charge is 0.407 e. The second kappa shape index (κ2) is 9.74. The first kappa shape index (κ1) is 22.3. The van der Waals surface area contributed by atoms with E-state index in [1.807, 2.05) is 61.5 Å². The predicted octanol–water partition coefficient (Wildman–Crippen LogP) is 5.29. The number of ether oxygens (including phenoxy) is 1. The van der Waals surface area contributed by atoms with Crippen molar-refractivity contribution in [3.05, 3.63) is 106 Å². The summed E-state index contributed by atoms with van der Waals surface area (Å²) in [7, 11) is 1.80. The fourth-order valence-corrected chi connectivity index (χ4v) is 4.10. The summed E-state index contributed by atoms with van der Waals surface area (Å²) in [6.07, 6.45) is 0.0246. The van der Waals surface area contributed by atoms with E-state index in [1.54, 1.807) is 11.6 Å². The summed E-state index contributed by atoms with van der Waals surface area (Å²) >= 11 is 0. The van der Waals surface area contributed by atoms with Crippen LogP contribution in [0.3, 0.4) is 0 Å². The number of amides is 1. The molecule has 0 saturated carbocycles. The van der Waals surface area contributed by atoms with Gasteiger partial charge in [0.25, 0.3) is 5.56 Å². The topological polar surface area (TPSA) is 60.3 Å². The van der Waals surface area contributed by atoms with Crippen molar-refractivity contribution in [1.82, 2.24) is 9.88 Å². The highest BCUT2D eigenvalue weighted by molar-refractivity contribution is 5.98. The van der Waals surface area contributed by atoms with Crippen molar-refractivity contribution in [2.45, 2.75) is 26.9 Å². The van der Waals surface area contributed by atoms with Crippen LogP contribution in [0, 0.1) is 13.8 Å². The quantitative estimate of drug-likeness (QED) is 0.443. The Labute approximate surface area is 193 Å².